The van der Waals surface area contributed by atoms with Crippen LogP contribution >= 0.6 is 0 Å². The van der Waals surface area contributed by atoms with E-state index in [0.29, 0.717) is 6.42 Å². The van der Waals surface area contributed by atoms with Gasteiger partial charge in [-0.3, -0.25) is 4.79 Å². The van der Waals surface area contributed by atoms with Gasteiger partial charge in [-0.15, -0.1) is 6.42 Å². The number of rotatable bonds is 2. The molecule has 0 unspecified atom stereocenters. The maximum atomic E-state index is 10.7. The fraction of sp³-hybridized carbons (Fsp3) is 0.154. The van der Waals surface area contributed by atoms with Gasteiger partial charge in [0, 0.05) is 12.0 Å². The molecule has 0 radical (unpaired) electrons. The van der Waals surface area contributed by atoms with Crippen LogP contribution in [0.25, 0.3) is 0 Å². The number of ketones is 1. The first-order chi connectivity index (χ1) is 6.72. The molecule has 0 fully saturated rings. The summed E-state index contributed by atoms with van der Waals surface area (Å²) in [5.74, 6) is 2.66. The van der Waals surface area contributed by atoms with E-state index in [1.807, 2.05) is 30.4 Å². The van der Waals surface area contributed by atoms with Gasteiger partial charge in [-0.2, -0.15) is 0 Å². The summed E-state index contributed by atoms with van der Waals surface area (Å²) in [5, 5.41) is 0. The van der Waals surface area contributed by atoms with Gasteiger partial charge in [0.1, 0.15) is 0 Å². The molecule has 1 heteroatoms. The van der Waals surface area contributed by atoms with Crippen molar-refractivity contribution in [1.29, 1.82) is 0 Å². The van der Waals surface area contributed by atoms with Gasteiger partial charge in [0.2, 0.25) is 0 Å². The Morgan fingerprint density at radius 2 is 2.21 bits per heavy atom. The van der Waals surface area contributed by atoms with Gasteiger partial charge in [-0.05, 0) is 18.6 Å². The van der Waals surface area contributed by atoms with Crippen molar-refractivity contribution in [2.45, 2.75) is 13.3 Å². The fourth-order valence-electron chi connectivity index (χ4n) is 1.13. The summed E-state index contributed by atoms with van der Waals surface area (Å²) in [5.41, 5.74) is 1.98. The summed E-state index contributed by atoms with van der Waals surface area (Å²) in [6, 6.07) is 0. The Labute approximate surface area is 84.5 Å². The van der Waals surface area contributed by atoms with E-state index in [9.17, 15) is 4.79 Å². The Morgan fingerprint density at radius 3 is 2.86 bits per heavy atom. The van der Waals surface area contributed by atoms with E-state index in [1.165, 1.54) is 6.92 Å². The lowest BCUT2D eigenvalue weighted by Crippen LogP contribution is -1.85. The number of carbonyl (C=O) groups is 1. The second-order valence-corrected chi connectivity index (χ2v) is 3.08. The van der Waals surface area contributed by atoms with Crippen molar-refractivity contribution in [3.8, 4) is 12.3 Å². The highest BCUT2D eigenvalue weighted by Gasteiger charge is 1.98. The van der Waals surface area contributed by atoms with Gasteiger partial charge in [-0.25, -0.2) is 0 Å². The van der Waals surface area contributed by atoms with Crippen LogP contribution in [-0.2, 0) is 4.79 Å². The molecule has 1 aliphatic rings. The molecule has 14 heavy (non-hydrogen) atoms. The molecule has 0 amide bonds. The number of hydrogen-bond donors (Lipinski definition) is 0. The maximum Gasteiger partial charge on any atom is 0.152 e. The lowest BCUT2D eigenvalue weighted by Gasteiger charge is -1.98. The van der Waals surface area contributed by atoms with Crippen molar-refractivity contribution in [3.63, 3.8) is 0 Å². The SMILES string of the molecule is C#CC1=CC=CC=C(/C=C/C(C)=O)C1. The van der Waals surface area contributed by atoms with Gasteiger partial charge in [0.05, 0.1) is 0 Å². The molecule has 0 aromatic carbocycles. The predicted molar refractivity (Wildman–Crippen MR) is 58.6 cm³/mol. The Bertz CT molecular complexity index is 384. The summed E-state index contributed by atoms with van der Waals surface area (Å²) in [6.45, 7) is 1.53. The first kappa shape index (κ1) is 10.3. The predicted octanol–water partition coefficient (Wildman–Crippen LogP) is 2.58. The smallest absolute Gasteiger partial charge is 0.152 e. The minimum atomic E-state index is 0.0466. The second-order valence-electron chi connectivity index (χ2n) is 3.08. The summed E-state index contributed by atoms with van der Waals surface area (Å²) >= 11 is 0. The number of carbonyl (C=O) groups excluding carboxylic acids is 1. The van der Waals surface area contributed by atoms with Gasteiger partial charge < -0.3 is 0 Å². The Balaban J connectivity index is 2.78. The number of terminal acetylenes is 1. The minimum absolute atomic E-state index is 0.0466. The first-order valence-corrected chi connectivity index (χ1v) is 4.44. The van der Waals surface area contributed by atoms with Crippen LogP contribution in [0.1, 0.15) is 13.3 Å². The molecule has 0 spiro atoms. The highest BCUT2D eigenvalue weighted by molar-refractivity contribution is 5.87. The molecule has 0 N–H and O–H groups in total. The van der Waals surface area contributed by atoms with E-state index in [4.69, 9.17) is 6.42 Å². The molecule has 0 heterocycles. The third kappa shape index (κ3) is 3.28. The standard InChI is InChI=1S/C13H12O/c1-3-12-6-4-5-7-13(10-12)9-8-11(2)14/h1,4-9H,10H2,2H3/b9-8+. The van der Waals surface area contributed by atoms with Crippen LogP contribution in [0.15, 0.2) is 47.6 Å². The van der Waals surface area contributed by atoms with Crippen LogP contribution in [0.3, 0.4) is 0 Å². The van der Waals surface area contributed by atoms with Gasteiger partial charge in [-0.1, -0.05) is 36.3 Å². The van der Waals surface area contributed by atoms with Crippen molar-refractivity contribution >= 4 is 5.78 Å². The topological polar surface area (TPSA) is 17.1 Å². The first-order valence-electron chi connectivity index (χ1n) is 4.44. The zero-order chi connectivity index (χ0) is 10.4. The quantitative estimate of drug-likeness (QED) is 0.476. The summed E-state index contributed by atoms with van der Waals surface area (Å²) < 4.78 is 0. The third-order valence-electron chi connectivity index (χ3n) is 1.83. The average molecular weight is 184 g/mol. The normalized spacial score (nSPS) is 15.7. The zero-order valence-corrected chi connectivity index (χ0v) is 8.16. The van der Waals surface area contributed by atoms with Crippen LogP contribution < -0.4 is 0 Å². The average Bonchev–Trinajstić information content (AvgIpc) is 2.39. The molecular weight excluding hydrogens is 172 g/mol. The molecule has 1 rings (SSSR count). The van der Waals surface area contributed by atoms with E-state index in [0.717, 1.165) is 11.1 Å². The molecule has 0 bridgehead atoms. The number of allylic oxidation sites excluding steroid dienone is 8. The van der Waals surface area contributed by atoms with E-state index in [-0.39, 0.29) is 5.78 Å². The van der Waals surface area contributed by atoms with Crippen LogP contribution in [0.2, 0.25) is 0 Å². The Hall–Kier alpha value is -1.81. The van der Waals surface area contributed by atoms with Gasteiger partial charge in [0.25, 0.3) is 0 Å². The highest BCUT2D eigenvalue weighted by atomic mass is 16.1. The lowest BCUT2D eigenvalue weighted by atomic mass is 10.1. The number of hydrogen-bond acceptors (Lipinski definition) is 1. The van der Waals surface area contributed by atoms with E-state index < -0.39 is 0 Å². The molecule has 0 saturated carbocycles. The van der Waals surface area contributed by atoms with E-state index in [1.54, 1.807) is 6.08 Å². The van der Waals surface area contributed by atoms with Crippen molar-refractivity contribution in [1.82, 2.24) is 0 Å². The van der Waals surface area contributed by atoms with Crippen LogP contribution in [0.4, 0.5) is 0 Å². The van der Waals surface area contributed by atoms with Crippen molar-refractivity contribution in [2.24, 2.45) is 0 Å². The van der Waals surface area contributed by atoms with Gasteiger partial charge in [0.15, 0.2) is 5.78 Å². The van der Waals surface area contributed by atoms with Crippen LogP contribution in [-0.4, -0.2) is 5.78 Å². The molecule has 0 atom stereocenters. The minimum Gasteiger partial charge on any atom is -0.295 e. The Kier molecular flexibility index (Phi) is 3.69. The molecule has 0 aromatic heterocycles. The molecule has 0 saturated heterocycles. The van der Waals surface area contributed by atoms with E-state index >= 15 is 0 Å². The molecule has 1 aliphatic carbocycles. The van der Waals surface area contributed by atoms with Crippen molar-refractivity contribution < 1.29 is 4.79 Å². The van der Waals surface area contributed by atoms with Crippen molar-refractivity contribution in [2.75, 3.05) is 0 Å². The highest BCUT2D eigenvalue weighted by Crippen LogP contribution is 2.14. The largest absolute Gasteiger partial charge is 0.295 e. The molecular formula is C13H12O. The molecule has 0 aromatic rings. The summed E-state index contributed by atoms with van der Waals surface area (Å²) in [6.07, 6.45) is 17.1. The van der Waals surface area contributed by atoms with E-state index in [2.05, 4.69) is 5.92 Å². The molecule has 1 nitrogen and oxygen atoms in total. The maximum absolute atomic E-state index is 10.7. The second kappa shape index (κ2) is 5.04. The fourth-order valence-corrected chi connectivity index (χ4v) is 1.13. The van der Waals surface area contributed by atoms with Crippen molar-refractivity contribution in [3.05, 3.63) is 47.6 Å². The summed E-state index contributed by atoms with van der Waals surface area (Å²) in [4.78, 5) is 10.7. The van der Waals surface area contributed by atoms with Crippen LogP contribution in [0, 0.1) is 12.3 Å². The van der Waals surface area contributed by atoms with Crippen LogP contribution in [0.5, 0.6) is 0 Å². The monoisotopic (exact) mass is 184 g/mol. The lowest BCUT2D eigenvalue weighted by molar-refractivity contribution is -0.112. The molecule has 70 valence electrons. The third-order valence-corrected chi connectivity index (χ3v) is 1.83. The molecule has 0 aliphatic heterocycles. The summed E-state index contributed by atoms with van der Waals surface area (Å²) in [7, 11) is 0. The Morgan fingerprint density at radius 1 is 1.50 bits per heavy atom. The zero-order valence-electron chi connectivity index (χ0n) is 8.16. The van der Waals surface area contributed by atoms with Gasteiger partial charge >= 0.3 is 0 Å².